The Morgan fingerprint density at radius 1 is 1.39 bits per heavy atom. The molecule has 1 aliphatic rings. The molecule has 1 amide bonds. The summed E-state index contributed by atoms with van der Waals surface area (Å²) in [6, 6.07) is 5.83. The standard InChI is InChI=1S/C17H22N4O2/c1-12-10-13(2)21(19-12)14-6-5-9-20(11-14)17(22)15-7-4-8-18-16(15)23-3/h4,7-8,10,14H,5-6,9,11H2,1-3H3/t14-/m1/s1. The number of hydrogen-bond donors (Lipinski definition) is 0. The molecular formula is C17H22N4O2. The number of aryl methyl sites for hydroxylation is 2. The molecule has 6 nitrogen and oxygen atoms in total. The summed E-state index contributed by atoms with van der Waals surface area (Å²) >= 11 is 0. The maximum absolute atomic E-state index is 12.8. The molecule has 0 N–H and O–H groups in total. The maximum Gasteiger partial charge on any atom is 0.259 e. The highest BCUT2D eigenvalue weighted by Crippen LogP contribution is 2.25. The summed E-state index contributed by atoms with van der Waals surface area (Å²) in [5, 5.41) is 4.58. The average Bonchev–Trinajstić information content (AvgIpc) is 2.92. The lowest BCUT2D eigenvalue weighted by Crippen LogP contribution is -2.41. The molecule has 1 saturated heterocycles. The van der Waals surface area contributed by atoms with Crippen molar-refractivity contribution >= 4 is 5.91 Å². The number of carbonyl (C=O) groups is 1. The van der Waals surface area contributed by atoms with Gasteiger partial charge in [-0.1, -0.05) is 0 Å². The Bertz CT molecular complexity index is 710. The smallest absolute Gasteiger partial charge is 0.259 e. The van der Waals surface area contributed by atoms with Crippen molar-refractivity contribution in [1.29, 1.82) is 0 Å². The molecule has 3 rings (SSSR count). The molecule has 1 atom stereocenters. The van der Waals surface area contributed by atoms with Gasteiger partial charge in [0, 0.05) is 25.0 Å². The van der Waals surface area contributed by atoms with Gasteiger partial charge in [0.1, 0.15) is 5.56 Å². The molecule has 0 unspecified atom stereocenters. The predicted octanol–water partition coefficient (Wildman–Crippen LogP) is 2.38. The monoisotopic (exact) mass is 314 g/mol. The molecule has 0 bridgehead atoms. The summed E-state index contributed by atoms with van der Waals surface area (Å²) in [6.07, 6.45) is 3.64. The van der Waals surface area contributed by atoms with Crippen molar-refractivity contribution in [3.63, 3.8) is 0 Å². The first-order valence-electron chi connectivity index (χ1n) is 7.91. The van der Waals surface area contributed by atoms with E-state index < -0.39 is 0 Å². The highest BCUT2D eigenvalue weighted by molar-refractivity contribution is 5.96. The number of nitrogens with zero attached hydrogens (tertiary/aromatic N) is 4. The molecule has 23 heavy (non-hydrogen) atoms. The van der Waals surface area contributed by atoms with Gasteiger partial charge in [-0.3, -0.25) is 9.48 Å². The second-order valence-corrected chi connectivity index (χ2v) is 5.98. The van der Waals surface area contributed by atoms with Gasteiger partial charge >= 0.3 is 0 Å². The fraction of sp³-hybridized carbons (Fsp3) is 0.471. The van der Waals surface area contributed by atoms with Crippen LogP contribution in [0.5, 0.6) is 5.88 Å². The van der Waals surface area contributed by atoms with Crippen molar-refractivity contribution in [2.75, 3.05) is 20.2 Å². The van der Waals surface area contributed by atoms with Gasteiger partial charge in [0.15, 0.2) is 0 Å². The van der Waals surface area contributed by atoms with Gasteiger partial charge in [-0.25, -0.2) is 4.98 Å². The lowest BCUT2D eigenvalue weighted by Gasteiger charge is -2.33. The molecule has 3 heterocycles. The molecular weight excluding hydrogens is 292 g/mol. The molecule has 0 spiro atoms. The zero-order valence-corrected chi connectivity index (χ0v) is 13.8. The van der Waals surface area contributed by atoms with E-state index in [1.165, 1.54) is 7.11 Å². The summed E-state index contributed by atoms with van der Waals surface area (Å²) in [7, 11) is 1.54. The van der Waals surface area contributed by atoms with Crippen molar-refractivity contribution in [1.82, 2.24) is 19.7 Å². The first-order chi connectivity index (χ1) is 11.1. The second-order valence-electron chi connectivity index (χ2n) is 5.98. The van der Waals surface area contributed by atoms with Crippen molar-refractivity contribution in [2.24, 2.45) is 0 Å². The van der Waals surface area contributed by atoms with E-state index in [4.69, 9.17) is 4.74 Å². The number of piperidine rings is 1. The van der Waals surface area contributed by atoms with Gasteiger partial charge < -0.3 is 9.64 Å². The molecule has 0 saturated carbocycles. The van der Waals surface area contributed by atoms with Gasteiger partial charge in [0.2, 0.25) is 5.88 Å². The molecule has 2 aromatic rings. The van der Waals surface area contributed by atoms with Crippen LogP contribution >= 0.6 is 0 Å². The number of pyridine rings is 1. The van der Waals surface area contributed by atoms with Crippen LogP contribution in [-0.4, -0.2) is 45.8 Å². The molecule has 0 aromatic carbocycles. The first-order valence-corrected chi connectivity index (χ1v) is 7.91. The van der Waals surface area contributed by atoms with Crippen LogP contribution in [0.1, 0.15) is 40.6 Å². The van der Waals surface area contributed by atoms with Gasteiger partial charge in [-0.2, -0.15) is 5.10 Å². The minimum atomic E-state index is -0.0267. The van der Waals surface area contributed by atoms with E-state index >= 15 is 0 Å². The van der Waals surface area contributed by atoms with E-state index in [2.05, 4.69) is 27.8 Å². The number of likely N-dealkylation sites (tertiary alicyclic amines) is 1. The zero-order chi connectivity index (χ0) is 16.4. The number of rotatable bonds is 3. The van der Waals surface area contributed by atoms with Crippen molar-refractivity contribution in [2.45, 2.75) is 32.7 Å². The van der Waals surface area contributed by atoms with E-state index in [1.54, 1.807) is 18.3 Å². The molecule has 2 aromatic heterocycles. The summed E-state index contributed by atoms with van der Waals surface area (Å²) in [5.74, 6) is 0.354. The number of aromatic nitrogens is 3. The third-order valence-electron chi connectivity index (χ3n) is 4.27. The number of carbonyl (C=O) groups excluding carboxylic acids is 1. The van der Waals surface area contributed by atoms with Gasteiger partial charge in [0.25, 0.3) is 5.91 Å². The highest BCUT2D eigenvalue weighted by atomic mass is 16.5. The lowest BCUT2D eigenvalue weighted by atomic mass is 10.0. The molecule has 0 radical (unpaired) electrons. The normalized spacial score (nSPS) is 18.0. The van der Waals surface area contributed by atoms with Crippen LogP contribution in [0.25, 0.3) is 0 Å². The van der Waals surface area contributed by atoms with Crippen LogP contribution in [0, 0.1) is 13.8 Å². The van der Waals surface area contributed by atoms with Crippen LogP contribution in [0.3, 0.4) is 0 Å². The summed E-state index contributed by atoms with van der Waals surface area (Å²) < 4.78 is 7.27. The third-order valence-corrected chi connectivity index (χ3v) is 4.27. The third kappa shape index (κ3) is 3.06. The average molecular weight is 314 g/mol. The van der Waals surface area contributed by atoms with Crippen LogP contribution in [-0.2, 0) is 0 Å². The van der Waals surface area contributed by atoms with Gasteiger partial charge in [-0.15, -0.1) is 0 Å². The zero-order valence-electron chi connectivity index (χ0n) is 13.8. The van der Waals surface area contributed by atoms with E-state index in [-0.39, 0.29) is 11.9 Å². The minimum Gasteiger partial charge on any atom is -0.480 e. The summed E-state index contributed by atoms with van der Waals surface area (Å²) in [6.45, 7) is 5.48. The van der Waals surface area contributed by atoms with Crippen molar-refractivity contribution in [3.8, 4) is 5.88 Å². The van der Waals surface area contributed by atoms with Crippen molar-refractivity contribution in [3.05, 3.63) is 41.3 Å². The number of amides is 1. The van der Waals surface area contributed by atoms with Gasteiger partial charge in [-0.05, 0) is 44.9 Å². The van der Waals surface area contributed by atoms with E-state index in [0.29, 0.717) is 18.0 Å². The first kappa shape index (κ1) is 15.5. The van der Waals surface area contributed by atoms with Crippen LogP contribution in [0.2, 0.25) is 0 Å². The van der Waals surface area contributed by atoms with E-state index in [0.717, 1.165) is 30.8 Å². The van der Waals surface area contributed by atoms with Crippen molar-refractivity contribution < 1.29 is 9.53 Å². The van der Waals surface area contributed by atoms with Crippen LogP contribution in [0.15, 0.2) is 24.4 Å². The number of ether oxygens (including phenoxy) is 1. The minimum absolute atomic E-state index is 0.0267. The Hall–Kier alpha value is -2.37. The lowest BCUT2D eigenvalue weighted by molar-refractivity contribution is 0.0667. The Kier molecular flexibility index (Phi) is 4.32. The Morgan fingerprint density at radius 3 is 2.91 bits per heavy atom. The quantitative estimate of drug-likeness (QED) is 0.873. The molecule has 0 aliphatic carbocycles. The highest BCUT2D eigenvalue weighted by Gasteiger charge is 2.28. The molecule has 122 valence electrons. The van der Waals surface area contributed by atoms with Crippen LogP contribution < -0.4 is 4.74 Å². The molecule has 6 heteroatoms. The Balaban J connectivity index is 1.81. The summed E-state index contributed by atoms with van der Waals surface area (Å²) in [4.78, 5) is 18.8. The molecule has 1 aliphatic heterocycles. The predicted molar refractivity (Wildman–Crippen MR) is 86.7 cm³/mol. The van der Waals surface area contributed by atoms with Gasteiger partial charge in [0.05, 0.1) is 18.8 Å². The summed E-state index contributed by atoms with van der Waals surface area (Å²) in [5.41, 5.74) is 2.67. The topological polar surface area (TPSA) is 60.2 Å². The second kappa shape index (κ2) is 6.40. The SMILES string of the molecule is COc1ncccc1C(=O)N1CCC[C@@H](n2nc(C)cc2C)C1. The fourth-order valence-electron chi connectivity index (χ4n) is 3.24. The maximum atomic E-state index is 12.8. The fourth-order valence-corrected chi connectivity index (χ4v) is 3.24. The largest absolute Gasteiger partial charge is 0.480 e. The number of methoxy groups -OCH3 is 1. The number of hydrogen-bond acceptors (Lipinski definition) is 4. The van der Waals surface area contributed by atoms with Crippen LogP contribution in [0.4, 0.5) is 0 Å². The van der Waals surface area contributed by atoms with E-state index in [1.807, 2.05) is 11.8 Å². The van der Waals surface area contributed by atoms with E-state index in [9.17, 15) is 4.79 Å². The Morgan fingerprint density at radius 2 is 2.22 bits per heavy atom. The Labute approximate surface area is 136 Å². The molecule has 1 fully saturated rings.